The first-order valence-corrected chi connectivity index (χ1v) is 9.76. The number of primary amides is 1. The number of nitrogens with two attached hydrogens (primary N) is 1. The molecule has 3 rings (SSSR count). The molecular weight excluding hydrogens is 402 g/mol. The fraction of sp³-hybridized carbons (Fsp3) is 0.273. The normalized spacial score (nSPS) is 12.9. The third kappa shape index (κ3) is 5.39. The number of carbonyl (C=O) groups excluding carboxylic acids is 3. The summed E-state index contributed by atoms with van der Waals surface area (Å²) >= 11 is 0. The molecule has 0 radical (unpaired) electrons. The van der Waals surface area contributed by atoms with Gasteiger partial charge in [-0.05, 0) is 28.7 Å². The first-order chi connectivity index (χ1) is 14.9. The number of nitrogens with one attached hydrogen (secondary N) is 2. The molecule has 0 aliphatic heterocycles. The number of benzene rings is 2. The van der Waals surface area contributed by atoms with E-state index >= 15 is 0 Å². The second-order valence-corrected chi connectivity index (χ2v) is 7.14. The lowest BCUT2D eigenvalue weighted by Gasteiger charge is -2.16. The van der Waals surface area contributed by atoms with Crippen molar-refractivity contribution in [2.24, 2.45) is 5.73 Å². The zero-order chi connectivity index (χ0) is 22.4. The first-order valence-electron chi connectivity index (χ1n) is 9.76. The van der Waals surface area contributed by atoms with Crippen molar-refractivity contribution in [1.29, 1.82) is 0 Å². The molecule has 0 heterocycles. The smallest absolute Gasteiger partial charge is 0.407 e. The summed E-state index contributed by atoms with van der Waals surface area (Å²) in [6, 6.07) is 14.5. The van der Waals surface area contributed by atoms with Gasteiger partial charge in [0.05, 0.1) is 0 Å². The molecule has 1 unspecified atom stereocenters. The van der Waals surface area contributed by atoms with Crippen LogP contribution < -0.4 is 16.4 Å². The van der Waals surface area contributed by atoms with Gasteiger partial charge < -0.3 is 26.2 Å². The summed E-state index contributed by atoms with van der Waals surface area (Å²) in [6.45, 7) is -0.366. The molecule has 0 saturated heterocycles. The maximum absolute atomic E-state index is 12.1. The summed E-state index contributed by atoms with van der Waals surface area (Å²) in [6.07, 6.45) is -1.11. The van der Waals surface area contributed by atoms with E-state index in [1.807, 2.05) is 48.5 Å². The van der Waals surface area contributed by atoms with Gasteiger partial charge in [-0.25, -0.2) is 9.59 Å². The van der Waals surface area contributed by atoms with Crippen molar-refractivity contribution in [3.63, 3.8) is 0 Å². The van der Waals surface area contributed by atoms with Gasteiger partial charge in [0.15, 0.2) is 0 Å². The van der Waals surface area contributed by atoms with Crippen molar-refractivity contribution in [3.8, 4) is 11.1 Å². The van der Waals surface area contributed by atoms with Crippen molar-refractivity contribution in [2.45, 2.75) is 24.8 Å². The van der Waals surface area contributed by atoms with Crippen LogP contribution in [0.4, 0.5) is 4.79 Å². The summed E-state index contributed by atoms with van der Waals surface area (Å²) in [5.74, 6) is -2.80. The number of carboxylic acid groups (broad SMARTS) is 1. The van der Waals surface area contributed by atoms with Gasteiger partial charge in [-0.2, -0.15) is 0 Å². The van der Waals surface area contributed by atoms with Gasteiger partial charge in [0.1, 0.15) is 19.2 Å². The maximum Gasteiger partial charge on any atom is 0.407 e. The fourth-order valence-corrected chi connectivity index (χ4v) is 3.59. The number of ether oxygens (including phenoxy) is 1. The summed E-state index contributed by atoms with van der Waals surface area (Å²) in [5.41, 5.74) is 9.32. The van der Waals surface area contributed by atoms with Gasteiger partial charge >= 0.3 is 12.1 Å². The Hall–Kier alpha value is -3.88. The van der Waals surface area contributed by atoms with E-state index in [1.165, 1.54) is 0 Å². The van der Waals surface area contributed by atoms with Gasteiger partial charge in [0, 0.05) is 12.3 Å². The molecule has 162 valence electrons. The third-order valence-electron chi connectivity index (χ3n) is 5.05. The molecule has 1 aliphatic carbocycles. The van der Waals surface area contributed by atoms with Gasteiger partial charge in [0.2, 0.25) is 11.8 Å². The lowest BCUT2D eigenvalue weighted by molar-refractivity contribution is -0.142. The van der Waals surface area contributed by atoms with Crippen molar-refractivity contribution in [3.05, 3.63) is 59.7 Å². The van der Waals surface area contributed by atoms with Crippen LogP contribution in [-0.4, -0.2) is 48.2 Å². The van der Waals surface area contributed by atoms with Crippen molar-refractivity contribution >= 4 is 23.9 Å². The quantitative estimate of drug-likeness (QED) is 0.477. The topological polar surface area (TPSA) is 148 Å². The van der Waals surface area contributed by atoms with Crippen LogP contribution in [0.5, 0.6) is 0 Å². The number of hydrogen-bond acceptors (Lipinski definition) is 5. The maximum atomic E-state index is 12.1. The molecule has 0 bridgehead atoms. The van der Waals surface area contributed by atoms with Crippen LogP contribution in [0, 0.1) is 0 Å². The molecule has 1 atom stereocenters. The number of rotatable bonds is 9. The Kier molecular flexibility index (Phi) is 6.86. The predicted octanol–water partition coefficient (Wildman–Crippen LogP) is 1.36. The largest absolute Gasteiger partial charge is 0.480 e. The van der Waals surface area contributed by atoms with Gasteiger partial charge in [-0.15, -0.1) is 0 Å². The highest BCUT2D eigenvalue weighted by atomic mass is 16.5. The summed E-state index contributed by atoms with van der Waals surface area (Å²) < 4.78 is 5.31. The van der Waals surface area contributed by atoms with E-state index in [-0.39, 0.29) is 25.4 Å². The van der Waals surface area contributed by atoms with Crippen molar-refractivity contribution < 1.29 is 29.0 Å². The van der Waals surface area contributed by atoms with E-state index in [0.29, 0.717) is 0 Å². The standard InChI is InChI=1S/C22H23N3O6/c23-19(26)10-9-18(21(28)29)25-20(27)11-24-22(30)31-12-17-15-7-3-1-5-13(15)14-6-2-4-8-16(14)17/h1-8,17-18H,9-12H2,(H2,23,26)(H,24,30)(H,25,27)(H,28,29). The minimum atomic E-state index is -1.30. The number of aliphatic carboxylic acids is 1. The molecule has 9 heteroatoms. The predicted molar refractivity (Wildman–Crippen MR) is 111 cm³/mol. The number of fused-ring (bicyclic) bond motifs is 3. The van der Waals surface area contributed by atoms with Crippen LogP contribution in [0.25, 0.3) is 11.1 Å². The fourth-order valence-electron chi connectivity index (χ4n) is 3.59. The summed E-state index contributed by atoms with van der Waals surface area (Å²) in [4.78, 5) is 46.0. The Labute approximate surface area is 178 Å². The Balaban J connectivity index is 1.51. The molecule has 2 aromatic carbocycles. The number of hydrogen-bond donors (Lipinski definition) is 4. The number of carbonyl (C=O) groups is 4. The molecule has 0 fully saturated rings. The number of amides is 3. The number of carboxylic acids is 1. The molecule has 5 N–H and O–H groups in total. The SMILES string of the molecule is NC(=O)CCC(NC(=O)CNC(=O)OCC1c2ccccc2-c2ccccc21)C(=O)O. The lowest BCUT2D eigenvalue weighted by atomic mass is 9.98. The van der Waals surface area contributed by atoms with E-state index in [0.717, 1.165) is 22.3 Å². The highest BCUT2D eigenvalue weighted by Gasteiger charge is 2.29. The van der Waals surface area contributed by atoms with Crippen molar-refractivity contribution in [2.75, 3.05) is 13.2 Å². The lowest BCUT2D eigenvalue weighted by Crippen LogP contribution is -2.46. The monoisotopic (exact) mass is 425 g/mol. The van der Waals surface area contributed by atoms with Crippen LogP contribution in [-0.2, 0) is 19.1 Å². The molecule has 0 spiro atoms. The second-order valence-electron chi connectivity index (χ2n) is 7.14. The molecule has 2 aromatic rings. The first kappa shape index (κ1) is 21.8. The minimum Gasteiger partial charge on any atom is -0.480 e. The Morgan fingerprint density at radius 1 is 1.00 bits per heavy atom. The van der Waals surface area contributed by atoms with Crippen LogP contribution in [0.2, 0.25) is 0 Å². The second kappa shape index (κ2) is 9.75. The Bertz CT molecular complexity index is 961. The highest BCUT2D eigenvalue weighted by molar-refractivity contribution is 5.87. The van der Waals surface area contributed by atoms with Crippen LogP contribution >= 0.6 is 0 Å². The molecule has 0 aromatic heterocycles. The van der Waals surface area contributed by atoms with Crippen molar-refractivity contribution in [1.82, 2.24) is 10.6 Å². The highest BCUT2D eigenvalue weighted by Crippen LogP contribution is 2.44. The zero-order valence-corrected chi connectivity index (χ0v) is 16.7. The van der Waals surface area contributed by atoms with Crippen LogP contribution in [0.15, 0.2) is 48.5 Å². The van der Waals surface area contributed by atoms with Crippen LogP contribution in [0.1, 0.15) is 29.9 Å². The number of alkyl carbamates (subject to hydrolysis) is 1. The summed E-state index contributed by atoms with van der Waals surface area (Å²) in [7, 11) is 0. The van der Waals surface area contributed by atoms with E-state index in [1.54, 1.807) is 0 Å². The molecular formula is C22H23N3O6. The zero-order valence-electron chi connectivity index (χ0n) is 16.7. The average molecular weight is 425 g/mol. The van der Waals surface area contributed by atoms with Gasteiger partial charge in [-0.3, -0.25) is 9.59 Å². The third-order valence-corrected chi connectivity index (χ3v) is 5.05. The molecule has 9 nitrogen and oxygen atoms in total. The minimum absolute atomic E-state index is 0.0951. The van der Waals surface area contributed by atoms with E-state index in [2.05, 4.69) is 10.6 Å². The Morgan fingerprint density at radius 3 is 2.13 bits per heavy atom. The summed E-state index contributed by atoms with van der Waals surface area (Å²) in [5, 5.41) is 13.6. The molecule has 31 heavy (non-hydrogen) atoms. The average Bonchev–Trinajstić information content (AvgIpc) is 3.07. The van der Waals surface area contributed by atoms with E-state index < -0.39 is 36.5 Å². The molecule has 1 aliphatic rings. The van der Waals surface area contributed by atoms with Gasteiger partial charge in [0.25, 0.3) is 0 Å². The Morgan fingerprint density at radius 2 is 1.58 bits per heavy atom. The molecule has 3 amide bonds. The molecule has 0 saturated carbocycles. The van der Waals surface area contributed by atoms with Crippen LogP contribution in [0.3, 0.4) is 0 Å². The van der Waals surface area contributed by atoms with E-state index in [4.69, 9.17) is 15.6 Å². The van der Waals surface area contributed by atoms with E-state index in [9.17, 15) is 19.2 Å². The van der Waals surface area contributed by atoms with Gasteiger partial charge in [-0.1, -0.05) is 48.5 Å².